The molecule has 1 aliphatic rings. The number of rotatable bonds is 6. The second-order valence-corrected chi connectivity index (χ2v) is 6.23. The van der Waals surface area contributed by atoms with Crippen molar-refractivity contribution in [3.05, 3.63) is 48.4 Å². The van der Waals surface area contributed by atoms with Crippen LogP contribution in [-0.4, -0.2) is 55.5 Å². The Hall–Kier alpha value is -3.13. The lowest BCUT2D eigenvalue weighted by Gasteiger charge is -2.28. The average molecular weight is 367 g/mol. The van der Waals surface area contributed by atoms with Crippen LogP contribution in [0.3, 0.4) is 0 Å². The van der Waals surface area contributed by atoms with E-state index in [1.54, 1.807) is 12.3 Å². The van der Waals surface area contributed by atoms with Crippen LogP contribution in [0.4, 0.5) is 11.5 Å². The Kier molecular flexibility index (Phi) is 5.15. The van der Waals surface area contributed by atoms with Gasteiger partial charge in [0.1, 0.15) is 5.58 Å². The normalized spacial score (nSPS) is 14.3. The summed E-state index contributed by atoms with van der Waals surface area (Å²) in [7, 11) is 0. The van der Waals surface area contributed by atoms with E-state index in [1.807, 2.05) is 30.3 Å². The van der Waals surface area contributed by atoms with Gasteiger partial charge in [-0.2, -0.15) is 5.10 Å². The van der Waals surface area contributed by atoms with Crippen LogP contribution in [0, 0.1) is 0 Å². The van der Waals surface area contributed by atoms with Crippen molar-refractivity contribution in [2.75, 3.05) is 49.6 Å². The summed E-state index contributed by atoms with van der Waals surface area (Å²) in [5.74, 6) is 0.753. The molecule has 0 radical (unpaired) electrons. The molecule has 0 saturated carbocycles. The molecular weight excluding hydrogens is 346 g/mol. The third-order valence-corrected chi connectivity index (χ3v) is 4.38. The topological polar surface area (TPSA) is 92.5 Å². The first-order valence-corrected chi connectivity index (χ1v) is 8.96. The first-order chi connectivity index (χ1) is 13.3. The molecule has 4 rings (SSSR count). The van der Waals surface area contributed by atoms with Crippen molar-refractivity contribution in [3.8, 4) is 0 Å². The van der Waals surface area contributed by atoms with Gasteiger partial charge in [0.25, 0.3) is 5.91 Å². The predicted octanol–water partition coefficient (Wildman–Crippen LogP) is 1.90. The van der Waals surface area contributed by atoms with Crippen LogP contribution in [-0.2, 0) is 4.74 Å². The van der Waals surface area contributed by atoms with Crippen LogP contribution in [0.25, 0.3) is 11.0 Å². The fourth-order valence-corrected chi connectivity index (χ4v) is 2.98. The minimum atomic E-state index is -0.235. The minimum absolute atomic E-state index is 0.235. The molecular formula is C19H21N5O3. The molecule has 8 nitrogen and oxygen atoms in total. The zero-order valence-electron chi connectivity index (χ0n) is 14.9. The smallest absolute Gasteiger partial charge is 0.287 e. The maximum atomic E-state index is 12.2. The molecule has 0 spiro atoms. The molecule has 0 bridgehead atoms. The van der Waals surface area contributed by atoms with Crippen molar-refractivity contribution in [3.63, 3.8) is 0 Å². The van der Waals surface area contributed by atoms with Crippen molar-refractivity contribution < 1.29 is 13.9 Å². The van der Waals surface area contributed by atoms with Gasteiger partial charge in [0.05, 0.1) is 25.1 Å². The quantitative estimate of drug-likeness (QED) is 0.643. The maximum Gasteiger partial charge on any atom is 0.287 e. The summed E-state index contributed by atoms with van der Waals surface area (Å²) < 4.78 is 10.9. The number of anilines is 2. The molecule has 0 aliphatic carbocycles. The van der Waals surface area contributed by atoms with Crippen LogP contribution in [0.2, 0.25) is 0 Å². The van der Waals surface area contributed by atoms with Gasteiger partial charge in [-0.15, -0.1) is 5.10 Å². The molecule has 0 atom stereocenters. The molecule has 2 aromatic heterocycles. The van der Waals surface area contributed by atoms with Gasteiger partial charge in [-0.05, 0) is 12.1 Å². The molecule has 1 saturated heterocycles. The number of amides is 1. The Morgan fingerprint density at radius 3 is 2.85 bits per heavy atom. The van der Waals surface area contributed by atoms with Gasteiger partial charge in [-0.3, -0.25) is 4.79 Å². The third kappa shape index (κ3) is 4.17. The van der Waals surface area contributed by atoms with E-state index in [4.69, 9.17) is 9.15 Å². The van der Waals surface area contributed by atoms with Gasteiger partial charge in [0.2, 0.25) is 0 Å². The van der Waals surface area contributed by atoms with Crippen molar-refractivity contribution in [1.82, 2.24) is 15.5 Å². The Bertz CT molecular complexity index is 887. The van der Waals surface area contributed by atoms with E-state index in [-0.39, 0.29) is 5.91 Å². The van der Waals surface area contributed by atoms with E-state index < -0.39 is 0 Å². The van der Waals surface area contributed by atoms with Gasteiger partial charge in [-0.1, -0.05) is 18.2 Å². The average Bonchev–Trinajstić information content (AvgIpc) is 3.16. The SMILES string of the molecule is O=C(NCCNc1cc(N2CCOCC2)cnn1)c1cc2ccccc2o1. The van der Waals surface area contributed by atoms with E-state index in [2.05, 4.69) is 25.7 Å². The summed E-state index contributed by atoms with van der Waals surface area (Å²) in [6, 6.07) is 11.2. The van der Waals surface area contributed by atoms with Crippen molar-refractivity contribution in [2.45, 2.75) is 0 Å². The van der Waals surface area contributed by atoms with Crippen LogP contribution < -0.4 is 15.5 Å². The molecule has 3 aromatic rings. The summed E-state index contributed by atoms with van der Waals surface area (Å²) in [6.07, 6.45) is 1.75. The number of ether oxygens (including phenoxy) is 1. The fourth-order valence-electron chi connectivity index (χ4n) is 2.98. The number of hydrogen-bond donors (Lipinski definition) is 2. The van der Waals surface area contributed by atoms with Gasteiger partial charge in [0, 0.05) is 37.6 Å². The third-order valence-electron chi connectivity index (χ3n) is 4.38. The molecule has 140 valence electrons. The van der Waals surface area contributed by atoms with Gasteiger partial charge in [-0.25, -0.2) is 0 Å². The second kappa shape index (κ2) is 8.05. The standard InChI is InChI=1S/C19H21N5O3/c25-19(17-11-14-3-1-2-4-16(14)27-17)21-6-5-20-18-12-15(13-22-23-18)24-7-9-26-10-8-24/h1-4,11-13H,5-10H2,(H,20,23)(H,21,25). The van der Waals surface area contributed by atoms with Crippen molar-refractivity contribution >= 4 is 28.4 Å². The number of nitrogens with one attached hydrogen (secondary N) is 2. The summed E-state index contributed by atoms with van der Waals surface area (Å²) in [6.45, 7) is 4.11. The Labute approximate surface area is 156 Å². The highest BCUT2D eigenvalue weighted by Gasteiger charge is 2.13. The van der Waals surface area contributed by atoms with Crippen LogP contribution in [0.15, 0.2) is 47.0 Å². The number of carbonyl (C=O) groups is 1. The number of nitrogens with zero attached hydrogens (tertiary/aromatic N) is 3. The van der Waals surface area contributed by atoms with Crippen LogP contribution >= 0.6 is 0 Å². The highest BCUT2D eigenvalue weighted by Crippen LogP contribution is 2.19. The number of morpholine rings is 1. The molecule has 1 fully saturated rings. The van der Waals surface area contributed by atoms with E-state index >= 15 is 0 Å². The maximum absolute atomic E-state index is 12.2. The number of fused-ring (bicyclic) bond motifs is 1. The highest BCUT2D eigenvalue weighted by molar-refractivity contribution is 5.96. The molecule has 0 unspecified atom stereocenters. The molecule has 8 heteroatoms. The van der Waals surface area contributed by atoms with E-state index in [1.165, 1.54) is 0 Å². The zero-order chi connectivity index (χ0) is 18.5. The van der Waals surface area contributed by atoms with Gasteiger partial charge in [0.15, 0.2) is 11.6 Å². The summed E-state index contributed by atoms with van der Waals surface area (Å²) >= 11 is 0. The largest absolute Gasteiger partial charge is 0.451 e. The number of aromatic nitrogens is 2. The van der Waals surface area contributed by atoms with E-state index in [0.29, 0.717) is 30.3 Å². The predicted molar refractivity (Wildman–Crippen MR) is 102 cm³/mol. The fraction of sp³-hybridized carbons (Fsp3) is 0.316. The molecule has 1 aliphatic heterocycles. The Morgan fingerprint density at radius 1 is 1.15 bits per heavy atom. The number of hydrogen-bond acceptors (Lipinski definition) is 7. The number of para-hydroxylation sites is 1. The number of furan rings is 1. The summed E-state index contributed by atoms with van der Waals surface area (Å²) in [5, 5.41) is 15.1. The van der Waals surface area contributed by atoms with E-state index in [9.17, 15) is 4.79 Å². The second-order valence-electron chi connectivity index (χ2n) is 6.23. The first kappa shape index (κ1) is 17.3. The Morgan fingerprint density at radius 2 is 2.00 bits per heavy atom. The van der Waals surface area contributed by atoms with E-state index in [0.717, 1.165) is 37.4 Å². The molecule has 1 amide bonds. The number of carbonyl (C=O) groups excluding carboxylic acids is 1. The van der Waals surface area contributed by atoms with Crippen molar-refractivity contribution in [2.24, 2.45) is 0 Å². The molecule has 3 heterocycles. The van der Waals surface area contributed by atoms with Crippen molar-refractivity contribution in [1.29, 1.82) is 0 Å². The number of benzene rings is 1. The zero-order valence-corrected chi connectivity index (χ0v) is 14.9. The molecule has 2 N–H and O–H groups in total. The highest BCUT2D eigenvalue weighted by atomic mass is 16.5. The molecule has 27 heavy (non-hydrogen) atoms. The van der Waals surface area contributed by atoms with Crippen LogP contribution in [0.1, 0.15) is 10.6 Å². The first-order valence-electron chi connectivity index (χ1n) is 8.96. The van der Waals surface area contributed by atoms with Gasteiger partial charge >= 0.3 is 0 Å². The lowest BCUT2D eigenvalue weighted by molar-refractivity contribution is 0.0929. The lowest BCUT2D eigenvalue weighted by atomic mass is 10.2. The monoisotopic (exact) mass is 367 g/mol. The van der Waals surface area contributed by atoms with Gasteiger partial charge < -0.3 is 24.7 Å². The summed E-state index contributed by atoms with van der Waals surface area (Å²) in [5.41, 5.74) is 1.72. The Balaban J connectivity index is 1.27. The minimum Gasteiger partial charge on any atom is -0.451 e. The summed E-state index contributed by atoms with van der Waals surface area (Å²) in [4.78, 5) is 14.4. The lowest BCUT2D eigenvalue weighted by Crippen LogP contribution is -2.36. The molecule has 1 aromatic carbocycles. The van der Waals surface area contributed by atoms with Crippen LogP contribution in [0.5, 0.6) is 0 Å².